The SMILES string of the molecule is CCCCCCCCCCCC[P+](O)(O)CCCCCCCCCCCC. The number of rotatable bonds is 22. The molecule has 0 saturated carbocycles. The molecular weight excluding hydrogens is 351 g/mol. The van der Waals surface area contributed by atoms with E-state index in [0.717, 1.165) is 12.8 Å². The minimum absolute atomic E-state index is 0.668. The first-order valence-corrected chi connectivity index (χ1v) is 14.5. The first kappa shape index (κ1) is 27.4. The molecule has 0 aliphatic rings. The molecule has 27 heavy (non-hydrogen) atoms. The molecule has 0 aromatic rings. The van der Waals surface area contributed by atoms with Gasteiger partial charge in [-0.15, -0.1) is 0 Å². The van der Waals surface area contributed by atoms with Crippen molar-refractivity contribution in [3.05, 3.63) is 0 Å². The van der Waals surface area contributed by atoms with E-state index in [9.17, 15) is 9.79 Å². The summed E-state index contributed by atoms with van der Waals surface area (Å²) < 4.78 is 0. The highest BCUT2D eigenvalue weighted by Gasteiger charge is 2.30. The lowest BCUT2D eigenvalue weighted by Crippen LogP contribution is -2.02. The molecule has 0 fully saturated rings. The van der Waals surface area contributed by atoms with Crippen LogP contribution >= 0.6 is 7.72 Å². The van der Waals surface area contributed by atoms with Gasteiger partial charge in [0.25, 0.3) is 7.72 Å². The van der Waals surface area contributed by atoms with Crippen molar-refractivity contribution >= 4 is 7.72 Å². The van der Waals surface area contributed by atoms with Gasteiger partial charge in [-0.2, -0.15) is 0 Å². The van der Waals surface area contributed by atoms with Crippen molar-refractivity contribution in [2.75, 3.05) is 12.3 Å². The van der Waals surface area contributed by atoms with E-state index in [2.05, 4.69) is 13.8 Å². The van der Waals surface area contributed by atoms with E-state index in [-0.39, 0.29) is 0 Å². The maximum Gasteiger partial charge on any atom is 0.267 e. The Balaban J connectivity index is 3.31. The van der Waals surface area contributed by atoms with Gasteiger partial charge in [-0.05, 0) is 25.7 Å². The van der Waals surface area contributed by atoms with E-state index in [1.54, 1.807) is 0 Å². The summed E-state index contributed by atoms with van der Waals surface area (Å²) in [7, 11) is -2.59. The van der Waals surface area contributed by atoms with Gasteiger partial charge in [0.2, 0.25) is 0 Å². The highest BCUT2D eigenvalue weighted by atomic mass is 31.2. The van der Waals surface area contributed by atoms with Crippen LogP contribution in [0.2, 0.25) is 0 Å². The molecule has 0 amide bonds. The lowest BCUT2D eigenvalue weighted by atomic mass is 10.1. The van der Waals surface area contributed by atoms with Crippen LogP contribution in [0, 0.1) is 0 Å². The number of hydrogen-bond donors (Lipinski definition) is 2. The lowest BCUT2D eigenvalue weighted by Gasteiger charge is -2.12. The molecule has 0 atom stereocenters. The van der Waals surface area contributed by atoms with Crippen LogP contribution in [0.1, 0.15) is 142 Å². The summed E-state index contributed by atoms with van der Waals surface area (Å²) in [5.74, 6) is 0. The normalized spacial score (nSPS) is 12.0. The van der Waals surface area contributed by atoms with Crippen molar-refractivity contribution in [2.24, 2.45) is 0 Å². The van der Waals surface area contributed by atoms with Gasteiger partial charge in [0.1, 0.15) is 12.3 Å². The zero-order valence-electron chi connectivity index (χ0n) is 18.9. The molecule has 0 rings (SSSR count). The minimum Gasteiger partial charge on any atom is -0.220 e. The summed E-state index contributed by atoms with van der Waals surface area (Å²) in [4.78, 5) is 20.5. The summed E-state index contributed by atoms with van der Waals surface area (Å²) >= 11 is 0. The van der Waals surface area contributed by atoms with Crippen molar-refractivity contribution < 1.29 is 9.79 Å². The fraction of sp³-hybridized carbons (Fsp3) is 1.00. The van der Waals surface area contributed by atoms with Crippen LogP contribution in [-0.4, -0.2) is 22.1 Å². The standard InChI is InChI=1S/C24H52O2P/c1-3-5-7-9-11-13-15-17-19-21-23-27(25,26)24-22-20-18-16-14-12-10-8-6-4-2/h25-26H,3-24H2,1-2H3/q+1. The van der Waals surface area contributed by atoms with Gasteiger partial charge >= 0.3 is 0 Å². The quantitative estimate of drug-likeness (QED) is 0.140. The zero-order chi connectivity index (χ0) is 20.1. The third-order valence-electron chi connectivity index (χ3n) is 5.74. The molecule has 2 N–H and O–H groups in total. The summed E-state index contributed by atoms with van der Waals surface area (Å²) in [6.07, 6.45) is 27.4. The molecule has 0 spiro atoms. The minimum atomic E-state index is -2.59. The van der Waals surface area contributed by atoms with Crippen LogP contribution in [0.5, 0.6) is 0 Å². The molecule has 0 saturated heterocycles. The molecule has 164 valence electrons. The maximum absolute atomic E-state index is 10.2. The summed E-state index contributed by atoms with van der Waals surface area (Å²) in [6.45, 7) is 4.53. The Morgan fingerprint density at radius 1 is 0.370 bits per heavy atom. The predicted molar refractivity (Wildman–Crippen MR) is 125 cm³/mol. The smallest absolute Gasteiger partial charge is 0.220 e. The van der Waals surface area contributed by atoms with Gasteiger partial charge in [0.15, 0.2) is 0 Å². The first-order chi connectivity index (χ1) is 13.1. The molecule has 2 nitrogen and oxygen atoms in total. The van der Waals surface area contributed by atoms with E-state index in [4.69, 9.17) is 0 Å². The second-order valence-corrected chi connectivity index (χ2v) is 11.3. The topological polar surface area (TPSA) is 40.5 Å². The largest absolute Gasteiger partial charge is 0.267 e. The molecule has 0 radical (unpaired) electrons. The third kappa shape index (κ3) is 22.5. The van der Waals surface area contributed by atoms with Crippen molar-refractivity contribution in [3.63, 3.8) is 0 Å². The average molecular weight is 404 g/mol. The van der Waals surface area contributed by atoms with Gasteiger partial charge in [-0.25, -0.2) is 9.79 Å². The second kappa shape index (κ2) is 21.1. The van der Waals surface area contributed by atoms with Crippen LogP contribution in [0.25, 0.3) is 0 Å². The van der Waals surface area contributed by atoms with E-state index in [1.807, 2.05) is 0 Å². The van der Waals surface area contributed by atoms with Crippen LogP contribution in [0.3, 0.4) is 0 Å². The molecule has 0 unspecified atom stereocenters. The Morgan fingerprint density at radius 3 is 0.852 bits per heavy atom. The van der Waals surface area contributed by atoms with Crippen LogP contribution in [-0.2, 0) is 0 Å². The Kier molecular flexibility index (Phi) is 21.3. The van der Waals surface area contributed by atoms with E-state index in [0.29, 0.717) is 12.3 Å². The van der Waals surface area contributed by atoms with Crippen molar-refractivity contribution in [1.29, 1.82) is 0 Å². The molecule has 0 aliphatic carbocycles. The molecule has 0 heterocycles. The fourth-order valence-corrected chi connectivity index (χ4v) is 5.50. The summed E-state index contributed by atoms with van der Waals surface area (Å²) in [6, 6.07) is 0. The lowest BCUT2D eigenvalue weighted by molar-refractivity contribution is 0.439. The fourth-order valence-electron chi connectivity index (χ4n) is 3.82. The van der Waals surface area contributed by atoms with Crippen LogP contribution in [0.15, 0.2) is 0 Å². The molecule has 3 heteroatoms. The number of hydrogen-bond acceptors (Lipinski definition) is 2. The average Bonchev–Trinajstić information content (AvgIpc) is 2.64. The van der Waals surface area contributed by atoms with Crippen molar-refractivity contribution in [3.8, 4) is 0 Å². The van der Waals surface area contributed by atoms with Crippen molar-refractivity contribution in [1.82, 2.24) is 0 Å². The molecular formula is C24H52O2P+. The Morgan fingerprint density at radius 2 is 0.593 bits per heavy atom. The summed E-state index contributed by atoms with van der Waals surface area (Å²) in [5.41, 5.74) is 0. The zero-order valence-corrected chi connectivity index (χ0v) is 19.8. The van der Waals surface area contributed by atoms with Crippen LogP contribution < -0.4 is 0 Å². The van der Waals surface area contributed by atoms with Gasteiger partial charge in [-0.3, -0.25) is 0 Å². The molecule has 0 aromatic carbocycles. The van der Waals surface area contributed by atoms with Gasteiger partial charge in [-0.1, -0.05) is 117 Å². The molecule has 0 bridgehead atoms. The highest BCUT2D eigenvalue weighted by Crippen LogP contribution is 2.51. The van der Waals surface area contributed by atoms with Gasteiger partial charge < -0.3 is 0 Å². The predicted octanol–water partition coefficient (Wildman–Crippen LogP) is 8.66. The highest BCUT2D eigenvalue weighted by molar-refractivity contribution is 7.64. The molecule has 0 aliphatic heterocycles. The summed E-state index contributed by atoms with van der Waals surface area (Å²) in [5, 5.41) is 0. The Hall–Kier alpha value is 0.350. The second-order valence-electron chi connectivity index (χ2n) is 8.69. The monoisotopic (exact) mass is 403 g/mol. The maximum atomic E-state index is 10.2. The van der Waals surface area contributed by atoms with Crippen LogP contribution in [0.4, 0.5) is 0 Å². The van der Waals surface area contributed by atoms with E-state index >= 15 is 0 Å². The van der Waals surface area contributed by atoms with Gasteiger partial charge in [0, 0.05) is 0 Å². The first-order valence-electron chi connectivity index (χ1n) is 12.4. The third-order valence-corrected chi connectivity index (χ3v) is 7.80. The molecule has 0 aromatic heterocycles. The van der Waals surface area contributed by atoms with Crippen molar-refractivity contribution in [2.45, 2.75) is 142 Å². The number of unbranched alkanes of at least 4 members (excludes halogenated alkanes) is 18. The Labute approximate surface area is 172 Å². The Bertz CT molecular complexity index is 256. The van der Waals surface area contributed by atoms with Gasteiger partial charge in [0.05, 0.1) is 0 Å². The van der Waals surface area contributed by atoms with E-state index in [1.165, 1.54) is 116 Å². The van der Waals surface area contributed by atoms with E-state index < -0.39 is 7.72 Å².